The largest absolute Gasteiger partial charge is 0.591 e. The van der Waals surface area contributed by atoms with Crippen LogP contribution in [-0.4, -0.2) is 25.6 Å². The molecule has 0 saturated heterocycles. The average molecular weight is 412 g/mol. The van der Waals surface area contributed by atoms with Gasteiger partial charge in [-0.15, -0.1) is 0 Å². The molecule has 0 amide bonds. The summed E-state index contributed by atoms with van der Waals surface area (Å²) in [5, 5.41) is 8.98. The molecule has 0 radical (unpaired) electrons. The van der Waals surface area contributed by atoms with Crippen molar-refractivity contribution in [1.29, 1.82) is 5.26 Å². The van der Waals surface area contributed by atoms with Crippen molar-refractivity contribution in [2.75, 3.05) is 5.75 Å². The lowest BCUT2D eigenvalue weighted by Gasteiger charge is -2.13. The van der Waals surface area contributed by atoms with Gasteiger partial charge in [-0.1, -0.05) is 24.3 Å². The monoisotopic (exact) mass is 412 g/mol. The zero-order valence-electron chi connectivity index (χ0n) is 15.8. The summed E-state index contributed by atoms with van der Waals surface area (Å²) in [5.74, 6) is -0.579. The molecule has 0 fully saturated rings. The van der Waals surface area contributed by atoms with Gasteiger partial charge in [-0.05, 0) is 36.4 Å². The zero-order chi connectivity index (χ0) is 21.0. The van der Waals surface area contributed by atoms with E-state index in [9.17, 15) is 13.3 Å². The number of halogens is 2. The zero-order valence-corrected chi connectivity index (χ0v) is 16.7. The van der Waals surface area contributed by atoms with E-state index >= 15 is 0 Å². The van der Waals surface area contributed by atoms with E-state index in [1.54, 1.807) is 28.8 Å². The minimum absolute atomic E-state index is 0.0940. The molecular weight excluding hydrogens is 394 g/mol. The first-order valence-electron chi connectivity index (χ1n) is 8.85. The minimum atomic E-state index is -1.55. The summed E-state index contributed by atoms with van der Waals surface area (Å²) < 4.78 is 46.1. The minimum Gasteiger partial charge on any atom is -0.591 e. The smallest absolute Gasteiger partial charge is 0.147 e. The molecule has 0 bridgehead atoms. The Morgan fingerprint density at radius 1 is 1.24 bits per heavy atom. The van der Waals surface area contributed by atoms with Crippen molar-refractivity contribution in [1.82, 2.24) is 9.55 Å². The predicted molar refractivity (Wildman–Crippen MR) is 108 cm³/mol. The normalized spacial score (nSPS) is 12.8. The van der Waals surface area contributed by atoms with Gasteiger partial charge in [0.25, 0.3) is 0 Å². The van der Waals surface area contributed by atoms with Crippen LogP contribution < -0.4 is 0 Å². The third-order valence-electron chi connectivity index (χ3n) is 4.02. The lowest BCUT2D eigenvalue weighted by atomic mass is 10.1. The van der Waals surface area contributed by atoms with E-state index in [4.69, 9.17) is 5.26 Å². The van der Waals surface area contributed by atoms with Gasteiger partial charge in [-0.3, -0.25) is 4.57 Å². The SMILES string of the molecule is CC(C)C[S+]([O-])N=C(c1ccc(C#N)c(F)c1)c1cncn1-c1ccc(F)cc1. The second kappa shape index (κ2) is 8.99. The number of nitrogens with zero attached hydrogens (tertiary/aromatic N) is 4. The fourth-order valence-electron chi connectivity index (χ4n) is 2.70. The Morgan fingerprint density at radius 2 is 1.97 bits per heavy atom. The summed E-state index contributed by atoms with van der Waals surface area (Å²) in [4.78, 5) is 4.14. The number of benzene rings is 2. The first-order chi connectivity index (χ1) is 13.9. The average Bonchev–Trinajstić information content (AvgIpc) is 3.15. The van der Waals surface area contributed by atoms with Gasteiger partial charge in [0.2, 0.25) is 0 Å². The summed E-state index contributed by atoms with van der Waals surface area (Å²) in [6.07, 6.45) is 3.04. The van der Waals surface area contributed by atoms with Gasteiger partial charge in [0.15, 0.2) is 0 Å². The summed E-state index contributed by atoms with van der Waals surface area (Å²) in [6, 6.07) is 11.6. The molecule has 0 aliphatic heterocycles. The summed E-state index contributed by atoms with van der Waals surface area (Å²) in [5.41, 5.74) is 1.63. The predicted octanol–water partition coefficient (Wildman–Crippen LogP) is 4.18. The molecule has 148 valence electrons. The fraction of sp³-hybridized carbons (Fsp3) is 0.190. The number of aromatic nitrogens is 2. The number of hydrogen-bond donors (Lipinski definition) is 0. The van der Waals surface area contributed by atoms with Crippen molar-refractivity contribution in [2.45, 2.75) is 13.8 Å². The maximum atomic E-state index is 14.3. The van der Waals surface area contributed by atoms with Gasteiger partial charge in [-0.25, -0.2) is 13.8 Å². The highest BCUT2D eigenvalue weighted by Crippen LogP contribution is 2.20. The second-order valence-corrected chi connectivity index (χ2v) is 7.91. The van der Waals surface area contributed by atoms with Crippen LogP contribution in [0.4, 0.5) is 8.78 Å². The molecule has 1 atom stereocenters. The highest BCUT2D eigenvalue weighted by atomic mass is 32.2. The number of rotatable bonds is 6. The van der Waals surface area contributed by atoms with E-state index in [2.05, 4.69) is 9.38 Å². The Morgan fingerprint density at radius 3 is 2.59 bits per heavy atom. The van der Waals surface area contributed by atoms with Crippen molar-refractivity contribution < 1.29 is 13.3 Å². The van der Waals surface area contributed by atoms with Crippen LogP contribution in [0.2, 0.25) is 0 Å². The Kier molecular flexibility index (Phi) is 6.42. The molecule has 0 spiro atoms. The molecule has 8 heteroatoms. The maximum absolute atomic E-state index is 14.3. The molecule has 1 heterocycles. The van der Waals surface area contributed by atoms with Crippen LogP contribution in [0.15, 0.2) is 59.4 Å². The van der Waals surface area contributed by atoms with Crippen LogP contribution in [0.25, 0.3) is 5.69 Å². The lowest BCUT2D eigenvalue weighted by Crippen LogP contribution is -2.16. The maximum Gasteiger partial charge on any atom is 0.147 e. The fourth-order valence-corrected chi connectivity index (χ4v) is 3.75. The molecule has 2 aromatic carbocycles. The summed E-state index contributed by atoms with van der Waals surface area (Å²) in [7, 11) is 0. The molecular formula is C21H18F2N4OS. The van der Waals surface area contributed by atoms with Crippen molar-refractivity contribution >= 4 is 17.1 Å². The molecule has 1 unspecified atom stereocenters. The van der Waals surface area contributed by atoms with E-state index in [-0.39, 0.29) is 23.0 Å². The van der Waals surface area contributed by atoms with Crippen LogP contribution >= 0.6 is 0 Å². The van der Waals surface area contributed by atoms with Gasteiger partial charge in [0.05, 0.1) is 35.1 Å². The number of imidazole rings is 1. The highest BCUT2D eigenvalue weighted by molar-refractivity contribution is 7.90. The van der Waals surface area contributed by atoms with Gasteiger partial charge in [-0.2, -0.15) is 5.26 Å². The third-order valence-corrected chi connectivity index (χ3v) is 5.36. The lowest BCUT2D eigenvalue weighted by molar-refractivity contribution is 0.583. The molecule has 0 aliphatic rings. The van der Waals surface area contributed by atoms with Crippen molar-refractivity contribution in [3.8, 4) is 11.8 Å². The van der Waals surface area contributed by atoms with Crippen LogP contribution in [0.3, 0.4) is 0 Å². The van der Waals surface area contributed by atoms with Crippen LogP contribution in [0.1, 0.15) is 30.7 Å². The van der Waals surface area contributed by atoms with E-state index in [1.807, 2.05) is 13.8 Å². The summed E-state index contributed by atoms with van der Waals surface area (Å²) >= 11 is -1.55. The quantitative estimate of drug-likeness (QED) is 0.450. The van der Waals surface area contributed by atoms with E-state index in [0.29, 0.717) is 22.7 Å². The molecule has 3 aromatic rings. The van der Waals surface area contributed by atoms with Gasteiger partial charge < -0.3 is 4.55 Å². The molecule has 29 heavy (non-hydrogen) atoms. The topological polar surface area (TPSA) is 77.0 Å². The van der Waals surface area contributed by atoms with Crippen molar-refractivity contribution in [2.24, 2.45) is 10.3 Å². The molecule has 3 rings (SSSR count). The molecule has 0 aliphatic carbocycles. The second-order valence-electron chi connectivity index (χ2n) is 6.75. The molecule has 0 saturated carbocycles. The highest BCUT2D eigenvalue weighted by Gasteiger charge is 2.20. The van der Waals surface area contributed by atoms with E-state index < -0.39 is 17.2 Å². The van der Waals surface area contributed by atoms with E-state index in [1.165, 1.54) is 36.8 Å². The Bertz CT molecular complexity index is 1070. The van der Waals surface area contributed by atoms with Gasteiger partial charge in [0.1, 0.15) is 29.2 Å². The van der Waals surface area contributed by atoms with Crippen molar-refractivity contribution in [3.63, 3.8) is 0 Å². The van der Waals surface area contributed by atoms with Crippen LogP contribution in [-0.2, 0) is 11.4 Å². The Hall–Kier alpha value is -3.02. The van der Waals surface area contributed by atoms with Crippen LogP contribution in [0, 0.1) is 28.9 Å². The number of nitriles is 1. The van der Waals surface area contributed by atoms with Gasteiger partial charge >= 0.3 is 0 Å². The Labute approximate surface area is 170 Å². The first-order valence-corrected chi connectivity index (χ1v) is 10.1. The van der Waals surface area contributed by atoms with E-state index in [0.717, 1.165) is 0 Å². The molecule has 5 nitrogen and oxygen atoms in total. The molecule has 1 aromatic heterocycles. The summed E-state index contributed by atoms with van der Waals surface area (Å²) in [6.45, 7) is 3.86. The third kappa shape index (κ3) is 4.88. The standard InChI is InChI=1S/C21H18F2N4OS/c1-14(2)12-29(28)26-21(15-3-4-16(10-24)19(23)9-15)20-11-25-13-27(20)18-7-5-17(22)6-8-18/h3-9,11,13-14H,12H2,1-2H3. The van der Waals surface area contributed by atoms with Crippen molar-refractivity contribution in [3.05, 3.63) is 83.4 Å². The first kappa shape index (κ1) is 20.7. The van der Waals surface area contributed by atoms with Gasteiger partial charge in [0, 0.05) is 17.2 Å². The molecule has 0 N–H and O–H groups in total. The Balaban J connectivity index is 2.13. The van der Waals surface area contributed by atoms with Crippen LogP contribution in [0.5, 0.6) is 0 Å². The number of hydrogen-bond acceptors (Lipinski definition) is 4.